The third-order valence-corrected chi connectivity index (χ3v) is 6.68. The molecule has 140 valence electrons. The van der Waals surface area contributed by atoms with E-state index in [9.17, 15) is 9.59 Å². The molecule has 5 aliphatic carbocycles. The van der Waals surface area contributed by atoms with Crippen LogP contribution in [0.15, 0.2) is 4.42 Å². The first kappa shape index (κ1) is 16.3. The number of hydrogen-bond acceptors (Lipinski definition) is 6. The van der Waals surface area contributed by atoms with E-state index in [2.05, 4.69) is 15.5 Å². The van der Waals surface area contributed by atoms with Crippen LogP contribution in [-0.2, 0) is 20.9 Å². The standard InChI is InChI=1S/C19H25N3O4/c23-16(25-10-15-21-22-17(26-15)14-1-2-14)9-20-18(24)19-6-11-3-12(7-19)5-13(4-11)8-19/h11-14H,1-10H2,(H,20,24). The molecule has 1 amide bonds. The Balaban J connectivity index is 1.11. The molecule has 1 heterocycles. The second kappa shape index (κ2) is 6.06. The summed E-state index contributed by atoms with van der Waals surface area (Å²) in [6, 6.07) is 0. The monoisotopic (exact) mass is 359 g/mol. The van der Waals surface area contributed by atoms with E-state index in [1.54, 1.807) is 0 Å². The van der Waals surface area contributed by atoms with Gasteiger partial charge in [-0.05, 0) is 69.1 Å². The Kier molecular flexibility index (Phi) is 3.79. The molecule has 1 aromatic rings. The van der Waals surface area contributed by atoms with Gasteiger partial charge in [0.15, 0.2) is 6.61 Å². The van der Waals surface area contributed by atoms with Crippen molar-refractivity contribution in [2.75, 3.05) is 6.54 Å². The van der Waals surface area contributed by atoms with Gasteiger partial charge >= 0.3 is 5.97 Å². The van der Waals surface area contributed by atoms with E-state index in [4.69, 9.17) is 9.15 Å². The predicted molar refractivity (Wildman–Crippen MR) is 89.7 cm³/mol. The zero-order chi connectivity index (χ0) is 17.7. The third-order valence-electron chi connectivity index (χ3n) is 6.68. The summed E-state index contributed by atoms with van der Waals surface area (Å²) in [6.45, 7) is -0.129. The first-order valence-electron chi connectivity index (χ1n) is 9.86. The number of nitrogens with zero attached hydrogens (tertiary/aromatic N) is 2. The molecule has 5 fully saturated rings. The summed E-state index contributed by atoms with van der Waals surface area (Å²) >= 11 is 0. The quantitative estimate of drug-likeness (QED) is 0.784. The van der Waals surface area contributed by atoms with Crippen molar-refractivity contribution in [1.29, 1.82) is 0 Å². The van der Waals surface area contributed by atoms with E-state index < -0.39 is 5.97 Å². The van der Waals surface area contributed by atoms with Crippen LogP contribution >= 0.6 is 0 Å². The van der Waals surface area contributed by atoms with Gasteiger partial charge < -0.3 is 14.5 Å². The highest BCUT2D eigenvalue weighted by molar-refractivity contribution is 5.86. The van der Waals surface area contributed by atoms with E-state index >= 15 is 0 Å². The Labute approximate surface area is 152 Å². The van der Waals surface area contributed by atoms with E-state index in [1.165, 1.54) is 19.3 Å². The highest BCUT2D eigenvalue weighted by Crippen LogP contribution is 2.60. The molecule has 4 bridgehead atoms. The lowest BCUT2D eigenvalue weighted by molar-refractivity contribution is -0.151. The third kappa shape index (κ3) is 3.01. The van der Waals surface area contributed by atoms with E-state index in [-0.39, 0.29) is 24.5 Å². The van der Waals surface area contributed by atoms with Crippen LogP contribution < -0.4 is 5.32 Å². The number of ether oxygens (including phenoxy) is 1. The molecule has 0 unspecified atom stereocenters. The summed E-state index contributed by atoms with van der Waals surface area (Å²) in [5.41, 5.74) is -0.235. The average molecular weight is 359 g/mol. The topological polar surface area (TPSA) is 94.3 Å². The van der Waals surface area contributed by atoms with Crippen LogP contribution in [0.25, 0.3) is 0 Å². The molecule has 0 radical (unpaired) electrons. The molecule has 1 aromatic heterocycles. The summed E-state index contributed by atoms with van der Waals surface area (Å²) in [5.74, 6) is 3.02. The van der Waals surface area contributed by atoms with Gasteiger partial charge in [-0.1, -0.05) is 0 Å². The molecule has 5 aliphatic rings. The maximum absolute atomic E-state index is 12.8. The Morgan fingerprint density at radius 1 is 1.08 bits per heavy atom. The molecule has 0 aromatic carbocycles. The molecule has 6 rings (SSSR count). The Hall–Kier alpha value is -1.92. The van der Waals surface area contributed by atoms with Crippen molar-refractivity contribution < 1.29 is 18.7 Å². The molecule has 1 N–H and O–H groups in total. The lowest BCUT2D eigenvalue weighted by Gasteiger charge is -2.55. The Bertz CT molecular complexity index is 689. The molecule has 7 heteroatoms. The molecule has 5 saturated carbocycles. The zero-order valence-electron chi connectivity index (χ0n) is 14.9. The number of hydrogen-bond donors (Lipinski definition) is 1. The molecule has 0 saturated heterocycles. The maximum Gasteiger partial charge on any atom is 0.325 e. The van der Waals surface area contributed by atoms with E-state index in [1.807, 2.05) is 0 Å². The predicted octanol–water partition coefficient (Wildman–Crippen LogP) is 2.32. The number of amides is 1. The molecule has 26 heavy (non-hydrogen) atoms. The lowest BCUT2D eigenvalue weighted by Crippen LogP contribution is -2.54. The number of nitrogens with one attached hydrogen (secondary N) is 1. The molecular weight excluding hydrogens is 334 g/mol. The Morgan fingerprint density at radius 2 is 1.73 bits per heavy atom. The fourth-order valence-corrected chi connectivity index (χ4v) is 5.74. The van der Waals surface area contributed by atoms with E-state index in [0.717, 1.165) is 32.1 Å². The SMILES string of the molecule is O=C(CNC(=O)C12CC3CC(CC(C3)C1)C2)OCc1nnc(C2CC2)o1. The number of rotatable bonds is 6. The van der Waals surface area contributed by atoms with Gasteiger partial charge in [0, 0.05) is 11.3 Å². The highest BCUT2D eigenvalue weighted by Gasteiger charge is 2.54. The summed E-state index contributed by atoms with van der Waals surface area (Å²) in [7, 11) is 0. The van der Waals surface area contributed by atoms with Gasteiger partial charge in [-0.15, -0.1) is 10.2 Å². The first-order valence-corrected chi connectivity index (χ1v) is 9.86. The maximum atomic E-state index is 12.8. The largest absolute Gasteiger partial charge is 0.454 e. The minimum absolute atomic E-state index is 0.0359. The summed E-state index contributed by atoms with van der Waals surface area (Å²) in [6.07, 6.45) is 9.02. The van der Waals surface area contributed by atoms with Crippen LogP contribution in [-0.4, -0.2) is 28.6 Å². The van der Waals surface area contributed by atoms with Crippen LogP contribution in [0.5, 0.6) is 0 Å². The van der Waals surface area contributed by atoms with Crippen molar-refractivity contribution in [2.45, 2.75) is 63.9 Å². The number of aromatic nitrogens is 2. The van der Waals surface area contributed by atoms with Gasteiger partial charge in [0.05, 0.1) is 0 Å². The van der Waals surface area contributed by atoms with Gasteiger partial charge in [-0.3, -0.25) is 9.59 Å². The van der Waals surface area contributed by atoms with Gasteiger partial charge in [0.2, 0.25) is 11.8 Å². The van der Waals surface area contributed by atoms with Crippen LogP contribution in [0.1, 0.15) is 69.1 Å². The second-order valence-corrected chi connectivity index (χ2v) is 8.85. The molecule has 7 nitrogen and oxygen atoms in total. The summed E-state index contributed by atoms with van der Waals surface area (Å²) < 4.78 is 10.6. The molecule has 0 aliphatic heterocycles. The average Bonchev–Trinajstić information content (AvgIpc) is 3.35. The molecular formula is C19H25N3O4. The minimum Gasteiger partial charge on any atom is -0.454 e. The molecule has 0 atom stereocenters. The van der Waals surface area contributed by atoms with Crippen LogP contribution in [0.4, 0.5) is 0 Å². The fourth-order valence-electron chi connectivity index (χ4n) is 5.74. The van der Waals surface area contributed by atoms with Gasteiger partial charge in [-0.2, -0.15) is 0 Å². The normalized spacial score (nSPS) is 34.7. The second-order valence-electron chi connectivity index (χ2n) is 8.85. The minimum atomic E-state index is -0.464. The lowest BCUT2D eigenvalue weighted by atomic mass is 9.49. The zero-order valence-corrected chi connectivity index (χ0v) is 14.9. The highest BCUT2D eigenvalue weighted by atomic mass is 16.5. The van der Waals surface area contributed by atoms with Crippen molar-refractivity contribution in [3.05, 3.63) is 11.8 Å². The van der Waals surface area contributed by atoms with Crippen LogP contribution in [0, 0.1) is 23.2 Å². The van der Waals surface area contributed by atoms with Crippen molar-refractivity contribution in [3.8, 4) is 0 Å². The van der Waals surface area contributed by atoms with E-state index in [0.29, 0.717) is 35.5 Å². The van der Waals surface area contributed by atoms with Gasteiger partial charge in [0.25, 0.3) is 5.89 Å². The number of esters is 1. The smallest absolute Gasteiger partial charge is 0.325 e. The van der Waals surface area contributed by atoms with Crippen molar-refractivity contribution >= 4 is 11.9 Å². The van der Waals surface area contributed by atoms with Crippen molar-refractivity contribution in [3.63, 3.8) is 0 Å². The number of carbonyl (C=O) groups is 2. The van der Waals surface area contributed by atoms with Crippen molar-refractivity contribution in [1.82, 2.24) is 15.5 Å². The first-order chi connectivity index (χ1) is 12.6. The van der Waals surface area contributed by atoms with Crippen molar-refractivity contribution in [2.24, 2.45) is 23.2 Å². The van der Waals surface area contributed by atoms with Crippen LogP contribution in [0.3, 0.4) is 0 Å². The van der Waals surface area contributed by atoms with Crippen LogP contribution in [0.2, 0.25) is 0 Å². The number of carbonyl (C=O) groups excluding carboxylic acids is 2. The van der Waals surface area contributed by atoms with Gasteiger partial charge in [0.1, 0.15) is 6.54 Å². The summed E-state index contributed by atoms with van der Waals surface area (Å²) in [5, 5.41) is 10.7. The summed E-state index contributed by atoms with van der Waals surface area (Å²) in [4.78, 5) is 24.8. The fraction of sp³-hybridized carbons (Fsp3) is 0.789. The van der Waals surface area contributed by atoms with Gasteiger partial charge in [-0.25, -0.2) is 0 Å². The molecule has 0 spiro atoms. The Morgan fingerprint density at radius 3 is 2.35 bits per heavy atom.